The van der Waals surface area contributed by atoms with Crippen LogP contribution in [-0.4, -0.2) is 44.5 Å². The van der Waals surface area contributed by atoms with Crippen LogP contribution in [0.3, 0.4) is 0 Å². The number of carbonyl (C=O) groups excluding carboxylic acids is 3. The molecular formula is C22H31ClN2O5. The number of aldehydes is 1. The molecule has 0 heterocycles. The Hall–Kier alpha value is -2.74. The molecule has 0 saturated heterocycles. The van der Waals surface area contributed by atoms with Crippen LogP contribution in [0, 0.1) is 0 Å². The zero-order chi connectivity index (χ0) is 22.1. The zero-order valence-corrected chi connectivity index (χ0v) is 18.6. The maximum absolute atomic E-state index is 11.0. The molecule has 30 heavy (non-hydrogen) atoms. The summed E-state index contributed by atoms with van der Waals surface area (Å²) in [6, 6.07) is 18.3. The number of hydrogen-bond acceptors (Lipinski definition) is 7. The molecule has 2 aromatic rings. The molecule has 8 heteroatoms. The van der Waals surface area contributed by atoms with Crippen LogP contribution >= 0.6 is 12.4 Å². The minimum atomic E-state index is -0.495. The quantitative estimate of drug-likeness (QED) is 0.527. The summed E-state index contributed by atoms with van der Waals surface area (Å²) in [5.41, 5.74) is 6.96. The van der Waals surface area contributed by atoms with E-state index in [4.69, 9.17) is 5.73 Å². The smallest absolute Gasteiger partial charge is 0.322 e. The molecule has 2 unspecified atom stereocenters. The first-order valence-corrected chi connectivity index (χ1v) is 9.04. The lowest BCUT2D eigenvalue weighted by Gasteiger charge is -2.10. The summed E-state index contributed by atoms with van der Waals surface area (Å²) in [6.45, 7) is 4.04. The van der Waals surface area contributed by atoms with Crippen LogP contribution in [0.25, 0.3) is 0 Å². The van der Waals surface area contributed by atoms with Crippen molar-refractivity contribution in [2.45, 2.75) is 32.5 Å². The van der Waals surface area contributed by atoms with Gasteiger partial charge in [-0.2, -0.15) is 0 Å². The summed E-state index contributed by atoms with van der Waals surface area (Å²) in [5.74, 6) is -0.610. The molecule has 0 aromatic heterocycles. The van der Waals surface area contributed by atoms with Gasteiger partial charge in [0, 0.05) is 12.1 Å². The van der Waals surface area contributed by atoms with E-state index in [1.807, 2.05) is 48.5 Å². The van der Waals surface area contributed by atoms with Crippen molar-refractivity contribution in [2.24, 2.45) is 5.73 Å². The van der Waals surface area contributed by atoms with Gasteiger partial charge in [0.2, 0.25) is 0 Å². The van der Waals surface area contributed by atoms with Gasteiger partial charge in [0.05, 0.1) is 14.2 Å². The Kier molecular flexibility index (Phi) is 18.0. The number of hydrogen-bond donors (Lipinski definition) is 2. The summed E-state index contributed by atoms with van der Waals surface area (Å²) in [5, 5.41) is 3.08. The van der Waals surface area contributed by atoms with Crippen LogP contribution in [0.5, 0.6) is 0 Å². The molecule has 0 saturated carbocycles. The van der Waals surface area contributed by atoms with E-state index in [1.54, 1.807) is 26.0 Å². The van der Waals surface area contributed by atoms with Gasteiger partial charge in [0.15, 0.2) is 0 Å². The second-order valence-corrected chi connectivity index (χ2v) is 5.95. The minimum Gasteiger partial charge on any atom is -0.468 e. The molecule has 0 aliphatic carbocycles. The van der Waals surface area contributed by atoms with Gasteiger partial charge in [-0.3, -0.25) is 14.4 Å². The Balaban J connectivity index is 0. The Morgan fingerprint density at radius 1 is 0.933 bits per heavy atom. The number of carbonyl (C=O) groups is 3. The zero-order valence-electron chi connectivity index (χ0n) is 17.7. The lowest BCUT2D eigenvalue weighted by atomic mass is 10.2. The van der Waals surface area contributed by atoms with Crippen molar-refractivity contribution in [3.63, 3.8) is 0 Å². The first-order valence-electron chi connectivity index (χ1n) is 9.04. The molecule has 7 nitrogen and oxygen atoms in total. The summed E-state index contributed by atoms with van der Waals surface area (Å²) in [7, 11) is 2.70. The van der Waals surface area contributed by atoms with Crippen molar-refractivity contribution in [3.05, 3.63) is 71.8 Å². The second-order valence-electron chi connectivity index (χ2n) is 5.95. The first-order chi connectivity index (χ1) is 13.8. The fourth-order valence-electron chi connectivity index (χ4n) is 1.84. The Labute approximate surface area is 184 Å². The summed E-state index contributed by atoms with van der Waals surface area (Å²) < 4.78 is 8.85. The van der Waals surface area contributed by atoms with Crippen molar-refractivity contribution in [2.75, 3.05) is 14.2 Å². The van der Waals surface area contributed by atoms with Gasteiger partial charge in [0.1, 0.15) is 18.4 Å². The van der Waals surface area contributed by atoms with Gasteiger partial charge in [0.25, 0.3) is 0 Å². The van der Waals surface area contributed by atoms with Crippen LogP contribution in [0.4, 0.5) is 0 Å². The molecule has 0 aliphatic rings. The number of rotatable bonds is 6. The highest BCUT2D eigenvalue weighted by Gasteiger charge is 2.11. The number of benzene rings is 2. The van der Waals surface area contributed by atoms with Crippen molar-refractivity contribution in [1.82, 2.24) is 5.32 Å². The molecule has 2 aromatic carbocycles. The monoisotopic (exact) mass is 438 g/mol. The van der Waals surface area contributed by atoms with Gasteiger partial charge in [-0.15, -0.1) is 12.4 Å². The molecule has 0 bridgehead atoms. The lowest BCUT2D eigenvalue weighted by Crippen LogP contribution is -2.34. The van der Waals surface area contributed by atoms with E-state index >= 15 is 0 Å². The normalized spacial score (nSPS) is 11.0. The highest BCUT2D eigenvalue weighted by atomic mass is 35.5. The molecule has 2 atom stereocenters. The fraction of sp³-hybridized carbons (Fsp3) is 0.318. The van der Waals surface area contributed by atoms with Crippen molar-refractivity contribution in [3.8, 4) is 0 Å². The van der Waals surface area contributed by atoms with Crippen molar-refractivity contribution < 1.29 is 23.9 Å². The third kappa shape index (κ3) is 14.3. The largest absolute Gasteiger partial charge is 0.468 e. The highest BCUT2D eigenvalue weighted by molar-refractivity contribution is 5.85. The van der Waals surface area contributed by atoms with Crippen molar-refractivity contribution in [1.29, 1.82) is 0 Å². The number of halogens is 1. The van der Waals surface area contributed by atoms with E-state index < -0.39 is 6.04 Å². The van der Waals surface area contributed by atoms with Crippen LogP contribution in [0.15, 0.2) is 60.7 Å². The average molecular weight is 439 g/mol. The number of ether oxygens (including phenoxy) is 2. The molecule has 0 spiro atoms. The van der Waals surface area contributed by atoms with E-state index in [9.17, 15) is 14.4 Å². The minimum absolute atomic E-state index is 0. The summed E-state index contributed by atoms with van der Waals surface area (Å²) in [6.07, 6.45) is 0.833. The van der Waals surface area contributed by atoms with E-state index in [2.05, 4.69) is 14.8 Å². The van der Waals surface area contributed by atoms with Gasteiger partial charge < -0.3 is 20.5 Å². The predicted octanol–water partition coefficient (Wildman–Crippen LogP) is 2.77. The SMILES string of the molecule is COC(=O)C(C)N.COC(=O)C(C)NCc1ccccc1.Cl.O=Cc1ccccc1. The van der Waals surface area contributed by atoms with E-state index in [0.29, 0.717) is 6.54 Å². The molecule has 0 radical (unpaired) electrons. The third-order valence-corrected chi connectivity index (χ3v) is 3.52. The maximum Gasteiger partial charge on any atom is 0.322 e. The van der Waals surface area contributed by atoms with Gasteiger partial charge in [-0.05, 0) is 19.4 Å². The lowest BCUT2D eigenvalue weighted by molar-refractivity contribution is -0.143. The van der Waals surface area contributed by atoms with Crippen LogP contribution in [-0.2, 0) is 25.6 Å². The first kappa shape index (κ1) is 29.5. The van der Waals surface area contributed by atoms with E-state index in [-0.39, 0.29) is 30.4 Å². The van der Waals surface area contributed by atoms with Crippen LogP contribution < -0.4 is 11.1 Å². The average Bonchev–Trinajstić information content (AvgIpc) is 2.78. The second kappa shape index (κ2) is 18.3. The van der Waals surface area contributed by atoms with E-state index in [1.165, 1.54) is 14.2 Å². The van der Waals surface area contributed by atoms with E-state index in [0.717, 1.165) is 17.4 Å². The maximum atomic E-state index is 11.0. The topological polar surface area (TPSA) is 108 Å². The molecule has 3 N–H and O–H groups in total. The molecule has 0 amide bonds. The van der Waals surface area contributed by atoms with Gasteiger partial charge in [-0.1, -0.05) is 60.7 Å². The summed E-state index contributed by atoms with van der Waals surface area (Å²) in [4.78, 5) is 31.2. The highest BCUT2D eigenvalue weighted by Crippen LogP contribution is 1.98. The van der Waals surface area contributed by atoms with Gasteiger partial charge in [-0.25, -0.2) is 0 Å². The summed E-state index contributed by atoms with van der Waals surface area (Å²) >= 11 is 0. The Bertz CT molecular complexity index is 712. The predicted molar refractivity (Wildman–Crippen MR) is 120 cm³/mol. The molecule has 166 valence electrons. The Morgan fingerprint density at radius 3 is 1.73 bits per heavy atom. The standard InChI is InChI=1S/C11H15NO2.C7H6O.C4H9NO2.ClH/c1-9(11(13)14-2)12-8-10-6-4-3-5-7-10;8-6-7-4-2-1-3-5-7;1-3(5)4(6)7-2;/h3-7,9,12H,8H2,1-2H3;1-6H;3H,5H2,1-2H3;1H. The third-order valence-electron chi connectivity index (χ3n) is 3.52. The molecule has 0 aliphatic heterocycles. The Morgan fingerprint density at radius 2 is 1.40 bits per heavy atom. The van der Waals surface area contributed by atoms with Gasteiger partial charge >= 0.3 is 11.9 Å². The van der Waals surface area contributed by atoms with Crippen molar-refractivity contribution >= 4 is 30.6 Å². The molecular weight excluding hydrogens is 408 g/mol. The fourth-order valence-corrected chi connectivity index (χ4v) is 1.84. The van der Waals surface area contributed by atoms with Crippen LogP contribution in [0.1, 0.15) is 29.8 Å². The number of nitrogens with one attached hydrogen (secondary N) is 1. The number of nitrogens with two attached hydrogens (primary N) is 1. The number of esters is 2. The van der Waals surface area contributed by atoms with Crippen LogP contribution in [0.2, 0.25) is 0 Å². The molecule has 0 fully saturated rings. The molecule has 2 rings (SSSR count). The number of methoxy groups -OCH3 is 2.